The molecule has 0 radical (unpaired) electrons. The first-order valence-electron chi connectivity index (χ1n) is 5.59. The van der Waals surface area contributed by atoms with E-state index in [1.165, 1.54) is 19.3 Å². The second-order valence-electron chi connectivity index (χ2n) is 3.72. The van der Waals surface area contributed by atoms with Crippen LogP contribution >= 0.6 is 0 Å². The van der Waals surface area contributed by atoms with Crippen LogP contribution in [0, 0.1) is 5.92 Å². The highest BCUT2D eigenvalue weighted by Crippen LogP contribution is 2.04. The molecule has 0 fully saturated rings. The predicted molar refractivity (Wildman–Crippen MR) is 58.1 cm³/mol. The van der Waals surface area contributed by atoms with E-state index in [0.717, 1.165) is 32.2 Å². The van der Waals surface area contributed by atoms with Crippen molar-refractivity contribution in [1.82, 2.24) is 5.32 Å². The number of rotatable bonds is 9. The minimum Gasteiger partial charge on any atom is -0.380 e. The molecule has 1 unspecified atom stereocenters. The van der Waals surface area contributed by atoms with Crippen LogP contribution < -0.4 is 5.32 Å². The third-order valence-corrected chi connectivity index (χ3v) is 2.03. The maximum atomic E-state index is 5.53. The van der Waals surface area contributed by atoms with Crippen LogP contribution in [0.2, 0.25) is 0 Å². The molecule has 0 spiro atoms. The highest BCUT2D eigenvalue weighted by atomic mass is 16.5. The summed E-state index contributed by atoms with van der Waals surface area (Å²) in [6, 6.07) is 0. The molecule has 0 saturated heterocycles. The van der Waals surface area contributed by atoms with E-state index < -0.39 is 0 Å². The molecule has 2 heteroatoms. The molecule has 13 heavy (non-hydrogen) atoms. The van der Waals surface area contributed by atoms with Crippen molar-refractivity contribution in [2.24, 2.45) is 5.92 Å². The molecule has 80 valence electrons. The molecule has 0 aliphatic heterocycles. The zero-order valence-electron chi connectivity index (χ0n) is 9.44. The molecule has 2 nitrogen and oxygen atoms in total. The van der Waals surface area contributed by atoms with Crippen molar-refractivity contribution in [2.75, 3.05) is 26.3 Å². The number of ether oxygens (including phenoxy) is 1. The molecule has 0 rings (SSSR count). The molecule has 0 aromatic rings. The molecule has 1 atom stereocenters. The van der Waals surface area contributed by atoms with Gasteiger partial charge in [-0.2, -0.15) is 0 Å². The van der Waals surface area contributed by atoms with Gasteiger partial charge in [-0.05, 0) is 25.3 Å². The van der Waals surface area contributed by atoms with Gasteiger partial charge >= 0.3 is 0 Å². The molecule has 0 aromatic heterocycles. The maximum absolute atomic E-state index is 5.53. The highest BCUT2D eigenvalue weighted by molar-refractivity contribution is 4.50. The normalized spacial score (nSPS) is 13.2. The minimum absolute atomic E-state index is 0.719. The maximum Gasteiger partial charge on any atom is 0.0591 e. The van der Waals surface area contributed by atoms with Crippen molar-refractivity contribution in [2.45, 2.75) is 40.0 Å². The fourth-order valence-corrected chi connectivity index (χ4v) is 1.31. The van der Waals surface area contributed by atoms with Gasteiger partial charge in [0, 0.05) is 13.2 Å². The topological polar surface area (TPSA) is 21.3 Å². The molecule has 0 amide bonds. The zero-order valence-corrected chi connectivity index (χ0v) is 9.44. The van der Waals surface area contributed by atoms with Gasteiger partial charge in [-0.1, -0.05) is 27.2 Å². The van der Waals surface area contributed by atoms with Crippen LogP contribution in [0.4, 0.5) is 0 Å². The van der Waals surface area contributed by atoms with Gasteiger partial charge < -0.3 is 10.1 Å². The van der Waals surface area contributed by atoms with E-state index in [0.29, 0.717) is 0 Å². The first-order chi connectivity index (χ1) is 6.31. The summed E-state index contributed by atoms with van der Waals surface area (Å²) >= 11 is 0. The Kier molecular flexibility index (Phi) is 9.94. The Hall–Kier alpha value is -0.0800. The summed E-state index contributed by atoms with van der Waals surface area (Å²) in [7, 11) is 0. The fraction of sp³-hybridized carbons (Fsp3) is 1.00. The van der Waals surface area contributed by atoms with Gasteiger partial charge in [-0.25, -0.2) is 0 Å². The predicted octanol–water partition coefficient (Wildman–Crippen LogP) is 2.44. The average molecular weight is 187 g/mol. The molecule has 0 heterocycles. The Morgan fingerprint density at radius 3 is 2.54 bits per heavy atom. The Labute approximate surface area is 83.1 Å². The summed E-state index contributed by atoms with van der Waals surface area (Å²) in [4.78, 5) is 0. The van der Waals surface area contributed by atoms with Crippen LogP contribution in [0.3, 0.4) is 0 Å². The van der Waals surface area contributed by atoms with Crippen LogP contribution in [-0.2, 0) is 4.74 Å². The minimum atomic E-state index is 0.719. The van der Waals surface area contributed by atoms with Crippen molar-refractivity contribution in [3.05, 3.63) is 0 Å². The molecule has 0 aliphatic rings. The second kappa shape index (κ2) is 10.0. The first kappa shape index (κ1) is 12.9. The summed E-state index contributed by atoms with van der Waals surface area (Å²) in [5.41, 5.74) is 0. The second-order valence-corrected chi connectivity index (χ2v) is 3.72. The molecule has 0 saturated carbocycles. The monoisotopic (exact) mass is 187 g/mol. The lowest BCUT2D eigenvalue weighted by Gasteiger charge is -2.10. The van der Waals surface area contributed by atoms with Crippen LogP contribution in [0.5, 0.6) is 0 Å². The van der Waals surface area contributed by atoms with Gasteiger partial charge in [0.15, 0.2) is 0 Å². The van der Waals surface area contributed by atoms with E-state index in [-0.39, 0.29) is 0 Å². The van der Waals surface area contributed by atoms with Gasteiger partial charge in [0.25, 0.3) is 0 Å². The van der Waals surface area contributed by atoms with Gasteiger partial charge in [0.05, 0.1) is 6.61 Å². The van der Waals surface area contributed by atoms with Crippen LogP contribution in [0.15, 0.2) is 0 Å². The Bertz CT molecular complexity index is 96.1. The van der Waals surface area contributed by atoms with E-state index in [1.54, 1.807) is 0 Å². The summed E-state index contributed by atoms with van der Waals surface area (Å²) in [5.74, 6) is 0.719. The average Bonchev–Trinajstić information content (AvgIpc) is 2.11. The Morgan fingerprint density at radius 1 is 1.15 bits per heavy atom. The Morgan fingerprint density at radius 2 is 1.92 bits per heavy atom. The van der Waals surface area contributed by atoms with E-state index in [2.05, 4.69) is 26.1 Å². The third-order valence-electron chi connectivity index (χ3n) is 2.03. The van der Waals surface area contributed by atoms with Crippen molar-refractivity contribution in [1.29, 1.82) is 0 Å². The van der Waals surface area contributed by atoms with Crippen molar-refractivity contribution < 1.29 is 4.74 Å². The third kappa shape index (κ3) is 9.84. The quantitative estimate of drug-likeness (QED) is 0.560. The van der Waals surface area contributed by atoms with E-state index in [4.69, 9.17) is 4.74 Å². The molecular weight excluding hydrogens is 162 g/mol. The largest absolute Gasteiger partial charge is 0.380 e. The van der Waals surface area contributed by atoms with Crippen LogP contribution in [-0.4, -0.2) is 26.3 Å². The SMILES string of the molecule is CCCNCCOCC(C)CCC. The lowest BCUT2D eigenvalue weighted by molar-refractivity contribution is 0.104. The molecule has 1 N–H and O–H groups in total. The Balaban J connectivity index is 2.97. The fourth-order valence-electron chi connectivity index (χ4n) is 1.31. The number of hydrogen-bond donors (Lipinski definition) is 1. The van der Waals surface area contributed by atoms with E-state index in [1.807, 2.05) is 0 Å². The van der Waals surface area contributed by atoms with E-state index in [9.17, 15) is 0 Å². The molecule has 0 aromatic carbocycles. The van der Waals surface area contributed by atoms with Crippen molar-refractivity contribution in [3.8, 4) is 0 Å². The standard InChI is InChI=1S/C11H25NO/c1-4-6-11(3)10-13-9-8-12-7-5-2/h11-12H,4-10H2,1-3H3. The summed E-state index contributed by atoms with van der Waals surface area (Å²) in [6.45, 7) is 10.5. The summed E-state index contributed by atoms with van der Waals surface area (Å²) in [5, 5.41) is 3.32. The highest BCUT2D eigenvalue weighted by Gasteiger charge is 1.99. The lowest BCUT2D eigenvalue weighted by atomic mass is 10.1. The zero-order chi connectivity index (χ0) is 9.94. The smallest absolute Gasteiger partial charge is 0.0591 e. The first-order valence-corrected chi connectivity index (χ1v) is 5.59. The number of nitrogens with one attached hydrogen (secondary N) is 1. The van der Waals surface area contributed by atoms with Crippen LogP contribution in [0.25, 0.3) is 0 Å². The summed E-state index contributed by atoms with van der Waals surface area (Å²) < 4.78 is 5.53. The van der Waals surface area contributed by atoms with Crippen LogP contribution in [0.1, 0.15) is 40.0 Å². The van der Waals surface area contributed by atoms with Gasteiger partial charge in [-0.3, -0.25) is 0 Å². The van der Waals surface area contributed by atoms with Gasteiger partial charge in [-0.15, -0.1) is 0 Å². The summed E-state index contributed by atoms with van der Waals surface area (Å²) in [6.07, 6.45) is 3.74. The number of hydrogen-bond acceptors (Lipinski definition) is 2. The molecule has 0 aliphatic carbocycles. The van der Waals surface area contributed by atoms with Crippen molar-refractivity contribution >= 4 is 0 Å². The van der Waals surface area contributed by atoms with Gasteiger partial charge in [0.2, 0.25) is 0 Å². The lowest BCUT2D eigenvalue weighted by Crippen LogP contribution is -2.21. The van der Waals surface area contributed by atoms with E-state index >= 15 is 0 Å². The molecule has 0 bridgehead atoms. The molecular formula is C11H25NO. The van der Waals surface area contributed by atoms with Crippen molar-refractivity contribution in [3.63, 3.8) is 0 Å². The van der Waals surface area contributed by atoms with Gasteiger partial charge in [0.1, 0.15) is 0 Å².